The van der Waals surface area contributed by atoms with Gasteiger partial charge in [-0.2, -0.15) is 17.5 Å². The summed E-state index contributed by atoms with van der Waals surface area (Å²) in [5.74, 6) is -1.13. The molecule has 1 aromatic heterocycles. The number of alkyl halides is 3. The summed E-state index contributed by atoms with van der Waals surface area (Å²) in [6.45, 7) is -0.140. The molecule has 4 rings (SSSR count). The van der Waals surface area contributed by atoms with E-state index in [4.69, 9.17) is 4.74 Å². The summed E-state index contributed by atoms with van der Waals surface area (Å²) in [7, 11) is -2.70. The molecule has 224 valence electrons. The Kier molecular flexibility index (Phi) is 10.0. The monoisotopic (exact) mass is 605 g/mol. The molecule has 0 fully saturated rings. The molecule has 0 saturated heterocycles. The van der Waals surface area contributed by atoms with Crippen LogP contribution < -0.4 is 0 Å². The molecule has 0 atom stereocenters. The largest absolute Gasteiger partial charge is 0.416 e. The molecule has 0 aliphatic heterocycles. The van der Waals surface area contributed by atoms with Gasteiger partial charge in [0.15, 0.2) is 0 Å². The molecule has 1 amide bonds. The summed E-state index contributed by atoms with van der Waals surface area (Å²) in [4.78, 5) is 18.2. The number of H-pyrrole nitrogens is 1. The number of para-hydroxylation sites is 1. The number of hydrogen-bond acceptors (Lipinski definition) is 4. The number of nitrogens with zero attached hydrogens (tertiary/aromatic N) is 2. The molecule has 0 unspecified atom stereocenters. The number of benzene rings is 3. The molecule has 1 N–H and O–H groups in total. The highest BCUT2D eigenvalue weighted by atomic mass is 32.2. The SMILES string of the molecule is COCCCN(CC(=O)N(CCc1c[nH]c2ccccc12)Cc1ccc(C(F)(F)F)cc1)S(=O)(=O)c1ccc(F)cc1. The predicted octanol–water partition coefficient (Wildman–Crippen LogP) is 5.62. The number of ether oxygens (including phenoxy) is 1. The van der Waals surface area contributed by atoms with Crippen molar-refractivity contribution in [2.24, 2.45) is 0 Å². The second-order valence-corrected chi connectivity index (χ2v) is 11.7. The van der Waals surface area contributed by atoms with Gasteiger partial charge in [-0.3, -0.25) is 4.79 Å². The van der Waals surface area contributed by atoms with Gasteiger partial charge in [-0.15, -0.1) is 0 Å². The topological polar surface area (TPSA) is 82.7 Å². The first-order valence-corrected chi connectivity index (χ1v) is 14.7. The Morgan fingerprint density at radius 1 is 0.952 bits per heavy atom. The van der Waals surface area contributed by atoms with Gasteiger partial charge in [0, 0.05) is 50.5 Å². The van der Waals surface area contributed by atoms with Crippen LogP contribution in [0.2, 0.25) is 0 Å². The average molecular weight is 606 g/mol. The summed E-state index contributed by atoms with van der Waals surface area (Å²) in [5, 5.41) is 0.972. The Morgan fingerprint density at radius 2 is 1.64 bits per heavy atom. The Hall–Kier alpha value is -3.74. The van der Waals surface area contributed by atoms with E-state index in [9.17, 15) is 30.8 Å². The van der Waals surface area contributed by atoms with Crippen LogP contribution in [0.5, 0.6) is 0 Å². The van der Waals surface area contributed by atoms with Gasteiger partial charge < -0.3 is 14.6 Å². The van der Waals surface area contributed by atoms with Crippen LogP contribution >= 0.6 is 0 Å². The zero-order valence-electron chi connectivity index (χ0n) is 22.9. The fraction of sp³-hybridized carbons (Fsp3) is 0.300. The van der Waals surface area contributed by atoms with E-state index in [1.54, 1.807) is 0 Å². The van der Waals surface area contributed by atoms with E-state index in [2.05, 4.69) is 4.98 Å². The average Bonchev–Trinajstić information content (AvgIpc) is 3.37. The van der Waals surface area contributed by atoms with Gasteiger partial charge in [-0.05, 0) is 66.4 Å². The van der Waals surface area contributed by atoms with Crippen molar-refractivity contribution in [3.05, 3.63) is 102 Å². The van der Waals surface area contributed by atoms with Gasteiger partial charge in [0.05, 0.1) is 17.0 Å². The lowest BCUT2D eigenvalue weighted by Crippen LogP contribution is -2.43. The lowest BCUT2D eigenvalue weighted by atomic mass is 10.1. The molecular weight excluding hydrogens is 574 g/mol. The minimum absolute atomic E-state index is 0.0260. The number of carbonyl (C=O) groups is 1. The molecule has 1 heterocycles. The van der Waals surface area contributed by atoms with E-state index in [1.165, 1.54) is 24.1 Å². The number of sulfonamides is 1. The molecule has 0 bridgehead atoms. The molecule has 0 radical (unpaired) electrons. The summed E-state index contributed by atoms with van der Waals surface area (Å²) in [6.07, 6.45) is -1.94. The van der Waals surface area contributed by atoms with Crippen LogP contribution in [0.25, 0.3) is 10.9 Å². The molecule has 12 heteroatoms. The third kappa shape index (κ3) is 7.75. The highest BCUT2D eigenvalue weighted by Crippen LogP contribution is 2.29. The second kappa shape index (κ2) is 13.5. The number of halogens is 4. The first kappa shape index (κ1) is 31.2. The van der Waals surface area contributed by atoms with Gasteiger partial charge in [-0.25, -0.2) is 12.8 Å². The molecule has 0 aliphatic carbocycles. The first-order valence-electron chi connectivity index (χ1n) is 13.2. The fourth-order valence-corrected chi connectivity index (χ4v) is 6.01. The Bertz CT molecular complexity index is 1590. The number of amides is 1. The van der Waals surface area contributed by atoms with Crippen LogP contribution in [0.15, 0.2) is 83.9 Å². The highest BCUT2D eigenvalue weighted by molar-refractivity contribution is 7.89. The number of nitrogens with one attached hydrogen (secondary N) is 1. The van der Waals surface area contributed by atoms with Crippen LogP contribution in [0.1, 0.15) is 23.1 Å². The third-order valence-corrected chi connectivity index (χ3v) is 8.71. The number of aromatic nitrogens is 1. The van der Waals surface area contributed by atoms with Crippen LogP contribution in [-0.4, -0.2) is 61.9 Å². The van der Waals surface area contributed by atoms with Crippen LogP contribution in [0.4, 0.5) is 17.6 Å². The van der Waals surface area contributed by atoms with Crippen molar-refractivity contribution in [2.75, 3.05) is 33.4 Å². The summed E-state index contributed by atoms with van der Waals surface area (Å²) >= 11 is 0. The molecule has 0 aliphatic rings. The molecule has 42 heavy (non-hydrogen) atoms. The van der Waals surface area contributed by atoms with Crippen molar-refractivity contribution in [3.8, 4) is 0 Å². The van der Waals surface area contributed by atoms with E-state index in [-0.39, 0.29) is 31.1 Å². The lowest BCUT2D eigenvalue weighted by Gasteiger charge is -2.27. The van der Waals surface area contributed by atoms with Gasteiger partial charge in [0.1, 0.15) is 5.82 Å². The quantitative estimate of drug-likeness (QED) is 0.158. The second-order valence-electron chi connectivity index (χ2n) is 9.76. The number of fused-ring (bicyclic) bond motifs is 1. The van der Waals surface area contributed by atoms with E-state index >= 15 is 0 Å². The molecule has 3 aromatic carbocycles. The zero-order chi connectivity index (χ0) is 30.3. The van der Waals surface area contributed by atoms with Gasteiger partial charge in [0.2, 0.25) is 15.9 Å². The maximum atomic E-state index is 13.7. The Morgan fingerprint density at radius 3 is 2.31 bits per heavy atom. The van der Waals surface area contributed by atoms with E-state index < -0.39 is 40.0 Å². The molecule has 0 spiro atoms. The zero-order valence-corrected chi connectivity index (χ0v) is 23.7. The van der Waals surface area contributed by atoms with Crippen molar-refractivity contribution < 1.29 is 35.5 Å². The maximum Gasteiger partial charge on any atom is 0.416 e. The van der Waals surface area contributed by atoms with E-state index in [0.29, 0.717) is 18.4 Å². The minimum atomic E-state index is -4.50. The van der Waals surface area contributed by atoms with Crippen molar-refractivity contribution in [3.63, 3.8) is 0 Å². The smallest absolute Gasteiger partial charge is 0.385 e. The first-order chi connectivity index (χ1) is 20.0. The molecule has 0 saturated carbocycles. The van der Waals surface area contributed by atoms with Gasteiger partial charge in [-0.1, -0.05) is 30.3 Å². The van der Waals surface area contributed by atoms with Crippen molar-refractivity contribution in [1.29, 1.82) is 0 Å². The van der Waals surface area contributed by atoms with Crippen molar-refractivity contribution in [1.82, 2.24) is 14.2 Å². The number of methoxy groups -OCH3 is 1. The number of carbonyl (C=O) groups excluding carboxylic acids is 1. The molecular formula is C30H31F4N3O4S. The summed E-state index contributed by atoms with van der Waals surface area (Å²) < 4.78 is 85.8. The Labute approximate surface area is 241 Å². The lowest BCUT2D eigenvalue weighted by molar-refractivity contribution is -0.137. The van der Waals surface area contributed by atoms with E-state index in [0.717, 1.165) is 57.2 Å². The fourth-order valence-electron chi connectivity index (χ4n) is 4.58. The van der Waals surface area contributed by atoms with Crippen LogP contribution in [-0.2, 0) is 38.7 Å². The molecule has 4 aromatic rings. The third-order valence-electron chi connectivity index (χ3n) is 6.85. The standard InChI is InChI=1S/C30H31F4N3O4S/c1-41-18-4-16-37(42(39,40)26-13-11-25(31)12-14-26)21-29(38)36(20-22-7-9-24(10-8-22)30(32,33)34)17-15-23-19-35-28-6-3-2-5-27(23)28/h2-3,5-14,19,35H,4,15-18,20-21H2,1H3. The van der Waals surface area contributed by atoms with Crippen LogP contribution in [0, 0.1) is 5.82 Å². The Balaban J connectivity index is 1.60. The number of hydrogen-bond donors (Lipinski definition) is 1. The predicted molar refractivity (Wildman–Crippen MR) is 151 cm³/mol. The number of aromatic amines is 1. The summed E-state index contributed by atoms with van der Waals surface area (Å²) in [6, 6.07) is 16.5. The van der Waals surface area contributed by atoms with E-state index in [1.807, 2.05) is 30.5 Å². The van der Waals surface area contributed by atoms with Crippen molar-refractivity contribution >= 4 is 26.8 Å². The van der Waals surface area contributed by atoms with Gasteiger partial charge >= 0.3 is 6.18 Å². The normalized spacial score (nSPS) is 12.2. The maximum absolute atomic E-state index is 13.7. The minimum Gasteiger partial charge on any atom is -0.385 e. The summed E-state index contributed by atoms with van der Waals surface area (Å²) in [5.41, 5.74) is 1.51. The molecule has 7 nitrogen and oxygen atoms in total. The highest BCUT2D eigenvalue weighted by Gasteiger charge is 2.31. The van der Waals surface area contributed by atoms with Crippen molar-refractivity contribution in [2.45, 2.75) is 30.5 Å². The van der Waals surface area contributed by atoms with Crippen LogP contribution in [0.3, 0.4) is 0 Å². The van der Waals surface area contributed by atoms with Gasteiger partial charge in [0.25, 0.3) is 0 Å². The number of rotatable bonds is 13.